The zero-order valence-corrected chi connectivity index (χ0v) is 12.5. The lowest BCUT2D eigenvalue weighted by atomic mass is 10.2. The van der Waals surface area contributed by atoms with Gasteiger partial charge in [-0.15, -0.1) is 0 Å². The molecule has 0 spiro atoms. The molecule has 18 heavy (non-hydrogen) atoms. The Morgan fingerprint density at radius 2 is 1.78 bits per heavy atom. The van der Waals surface area contributed by atoms with Crippen LogP contribution in [0.15, 0.2) is 0 Å². The van der Waals surface area contributed by atoms with Gasteiger partial charge in [0.05, 0.1) is 13.2 Å². The summed E-state index contributed by atoms with van der Waals surface area (Å²) in [5.74, 6) is 0.0210. The highest BCUT2D eigenvalue weighted by Gasteiger charge is 2.12. The molecule has 0 atom stereocenters. The second-order valence-corrected chi connectivity index (χ2v) is 4.94. The second-order valence-electron chi connectivity index (χ2n) is 4.94. The number of methoxy groups -OCH3 is 1. The summed E-state index contributed by atoms with van der Waals surface area (Å²) in [6.45, 7) is 12.0. The number of hydrogen-bond donors (Lipinski definition) is 2. The number of hydrogen-bond acceptors (Lipinski definition) is 4. The minimum absolute atomic E-state index is 0.0210. The van der Waals surface area contributed by atoms with Crippen molar-refractivity contribution in [2.24, 2.45) is 0 Å². The van der Waals surface area contributed by atoms with Gasteiger partial charge in [0.1, 0.15) is 0 Å². The van der Waals surface area contributed by atoms with Gasteiger partial charge in [0.25, 0.3) is 0 Å². The predicted octanol–water partition coefficient (Wildman–Crippen LogP) is 0.457. The van der Waals surface area contributed by atoms with Crippen molar-refractivity contribution in [3.05, 3.63) is 0 Å². The van der Waals surface area contributed by atoms with Crippen molar-refractivity contribution in [1.82, 2.24) is 15.5 Å². The fourth-order valence-corrected chi connectivity index (χ4v) is 1.88. The molecule has 0 saturated heterocycles. The molecular weight excluding hydrogens is 230 g/mol. The maximum Gasteiger partial charge on any atom is 0.234 e. The van der Waals surface area contributed by atoms with Crippen LogP contribution in [0, 0.1) is 0 Å². The number of amides is 1. The van der Waals surface area contributed by atoms with Crippen LogP contribution in [-0.2, 0) is 9.53 Å². The van der Waals surface area contributed by atoms with E-state index in [0.717, 1.165) is 13.1 Å². The lowest BCUT2D eigenvalue weighted by Gasteiger charge is -2.30. The molecule has 0 aliphatic rings. The van der Waals surface area contributed by atoms with Gasteiger partial charge in [-0.3, -0.25) is 9.69 Å². The summed E-state index contributed by atoms with van der Waals surface area (Å²) in [6.07, 6.45) is 0. The first-order chi connectivity index (χ1) is 8.49. The molecule has 0 heterocycles. The average molecular weight is 259 g/mol. The summed E-state index contributed by atoms with van der Waals surface area (Å²) in [6, 6.07) is 1.06. The first-order valence-electron chi connectivity index (χ1n) is 6.71. The van der Waals surface area contributed by atoms with Gasteiger partial charge in [-0.2, -0.15) is 0 Å². The van der Waals surface area contributed by atoms with E-state index < -0.39 is 0 Å². The van der Waals surface area contributed by atoms with Crippen molar-refractivity contribution in [3.63, 3.8) is 0 Å². The van der Waals surface area contributed by atoms with Gasteiger partial charge in [-0.25, -0.2) is 0 Å². The molecule has 0 aliphatic carbocycles. The highest BCUT2D eigenvalue weighted by atomic mass is 16.5. The minimum Gasteiger partial charge on any atom is -0.383 e. The summed E-state index contributed by atoms with van der Waals surface area (Å²) in [5.41, 5.74) is 0. The highest BCUT2D eigenvalue weighted by Crippen LogP contribution is 2.02. The summed E-state index contributed by atoms with van der Waals surface area (Å²) >= 11 is 0. The third kappa shape index (κ3) is 8.44. The molecule has 0 aliphatic heterocycles. The lowest BCUT2D eigenvalue weighted by Crippen LogP contribution is -2.43. The van der Waals surface area contributed by atoms with Crippen molar-refractivity contribution in [1.29, 1.82) is 0 Å². The molecule has 0 bridgehead atoms. The third-order valence-electron chi connectivity index (χ3n) is 2.79. The molecule has 0 unspecified atom stereocenters. The van der Waals surface area contributed by atoms with Crippen LogP contribution < -0.4 is 10.6 Å². The topological polar surface area (TPSA) is 53.6 Å². The van der Waals surface area contributed by atoms with E-state index >= 15 is 0 Å². The third-order valence-corrected chi connectivity index (χ3v) is 2.79. The molecule has 1 amide bonds. The minimum atomic E-state index is 0.0210. The summed E-state index contributed by atoms with van der Waals surface area (Å²) in [5, 5.41) is 5.93. The van der Waals surface area contributed by atoms with Gasteiger partial charge in [-0.1, -0.05) is 0 Å². The first-order valence-corrected chi connectivity index (χ1v) is 6.71. The van der Waals surface area contributed by atoms with Crippen molar-refractivity contribution in [3.8, 4) is 0 Å². The van der Waals surface area contributed by atoms with E-state index in [-0.39, 0.29) is 5.91 Å². The standard InChI is InChI=1S/C13H29N3O2/c1-11(2)16(12(3)4)8-6-14-10-13(17)15-7-9-18-5/h11-12,14H,6-10H2,1-5H3,(H,15,17). The Hall–Kier alpha value is -0.650. The zero-order chi connectivity index (χ0) is 14.0. The molecule has 0 aromatic rings. The molecule has 0 radical (unpaired) electrons. The number of carbonyl (C=O) groups excluding carboxylic acids is 1. The van der Waals surface area contributed by atoms with E-state index in [1.54, 1.807) is 7.11 Å². The molecular formula is C13H29N3O2. The zero-order valence-electron chi connectivity index (χ0n) is 12.5. The number of nitrogens with one attached hydrogen (secondary N) is 2. The van der Waals surface area contributed by atoms with Crippen LogP contribution in [0.4, 0.5) is 0 Å². The lowest BCUT2D eigenvalue weighted by molar-refractivity contribution is -0.120. The molecule has 0 fully saturated rings. The largest absolute Gasteiger partial charge is 0.383 e. The maximum absolute atomic E-state index is 11.4. The van der Waals surface area contributed by atoms with E-state index in [2.05, 4.69) is 43.2 Å². The van der Waals surface area contributed by atoms with Crippen LogP contribution in [0.1, 0.15) is 27.7 Å². The molecule has 0 saturated carbocycles. The SMILES string of the molecule is COCCNC(=O)CNCCN(C(C)C)C(C)C. The van der Waals surface area contributed by atoms with Crippen LogP contribution in [0.25, 0.3) is 0 Å². The molecule has 0 aromatic carbocycles. The fourth-order valence-electron chi connectivity index (χ4n) is 1.88. The average Bonchev–Trinajstić information content (AvgIpc) is 2.28. The predicted molar refractivity (Wildman–Crippen MR) is 74.7 cm³/mol. The van der Waals surface area contributed by atoms with Gasteiger partial charge in [0.15, 0.2) is 0 Å². The van der Waals surface area contributed by atoms with Gasteiger partial charge >= 0.3 is 0 Å². The number of nitrogens with zero attached hydrogens (tertiary/aromatic N) is 1. The molecule has 5 heteroatoms. The van der Waals surface area contributed by atoms with Crippen LogP contribution in [0.5, 0.6) is 0 Å². The number of ether oxygens (including phenoxy) is 1. The van der Waals surface area contributed by atoms with Gasteiger partial charge in [-0.05, 0) is 27.7 Å². The summed E-state index contributed by atoms with van der Waals surface area (Å²) in [4.78, 5) is 13.8. The van der Waals surface area contributed by atoms with E-state index in [1.165, 1.54) is 0 Å². The van der Waals surface area contributed by atoms with E-state index in [1.807, 2.05) is 0 Å². The fraction of sp³-hybridized carbons (Fsp3) is 0.923. The molecule has 2 N–H and O–H groups in total. The van der Waals surface area contributed by atoms with Crippen molar-refractivity contribution in [2.75, 3.05) is 39.9 Å². The van der Waals surface area contributed by atoms with Gasteiger partial charge in [0.2, 0.25) is 5.91 Å². The van der Waals surface area contributed by atoms with Gasteiger partial charge in [0, 0.05) is 38.8 Å². The van der Waals surface area contributed by atoms with Gasteiger partial charge < -0.3 is 15.4 Å². The van der Waals surface area contributed by atoms with Crippen LogP contribution >= 0.6 is 0 Å². The second kappa shape index (κ2) is 10.3. The van der Waals surface area contributed by atoms with Crippen molar-refractivity contribution in [2.45, 2.75) is 39.8 Å². The van der Waals surface area contributed by atoms with Crippen molar-refractivity contribution < 1.29 is 9.53 Å². The molecule has 108 valence electrons. The summed E-state index contributed by atoms with van der Waals surface area (Å²) < 4.78 is 4.86. The Morgan fingerprint density at radius 1 is 1.17 bits per heavy atom. The summed E-state index contributed by atoms with van der Waals surface area (Å²) in [7, 11) is 1.62. The maximum atomic E-state index is 11.4. The number of rotatable bonds is 10. The van der Waals surface area contributed by atoms with E-state index in [4.69, 9.17) is 4.74 Å². The Kier molecular flexibility index (Phi) is 9.92. The quantitative estimate of drug-likeness (QED) is 0.560. The monoisotopic (exact) mass is 259 g/mol. The Bertz CT molecular complexity index is 212. The Morgan fingerprint density at radius 3 is 2.28 bits per heavy atom. The first kappa shape index (κ1) is 17.4. The number of carbonyl (C=O) groups is 1. The highest BCUT2D eigenvalue weighted by molar-refractivity contribution is 5.77. The molecule has 5 nitrogen and oxygen atoms in total. The smallest absolute Gasteiger partial charge is 0.234 e. The van der Waals surface area contributed by atoms with Crippen LogP contribution in [-0.4, -0.2) is 62.8 Å². The molecule has 0 rings (SSSR count). The van der Waals surface area contributed by atoms with E-state index in [0.29, 0.717) is 31.8 Å². The Balaban J connectivity index is 3.62. The molecule has 0 aromatic heterocycles. The van der Waals surface area contributed by atoms with Crippen molar-refractivity contribution >= 4 is 5.91 Å². The Labute approximate surface area is 111 Å². The normalized spacial score (nSPS) is 11.6. The van der Waals surface area contributed by atoms with Crippen LogP contribution in [0.2, 0.25) is 0 Å². The van der Waals surface area contributed by atoms with E-state index in [9.17, 15) is 4.79 Å². The van der Waals surface area contributed by atoms with Crippen LogP contribution in [0.3, 0.4) is 0 Å².